The van der Waals surface area contributed by atoms with Gasteiger partial charge in [-0.25, -0.2) is 0 Å². The SMILES string of the molecule is CC1CCNc2cc(Cl)ccc21. The predicted octanol–water partition coefficient (Wildman–Crippen LogP) is 3.26. The molecule has 1 aliphatic rings. The summed E-state index contributed by atoms with van der Waals surface area (Å²) in [6, 6.07) is 6.09. The Labute approximate surface area is 77.7 Å². The van der Waals surface area contributed by atoms with Gasteiger partial charge in [0.25, 0.3) is 0 Å². The standard InChI is InChI=1S/C10H12ClN/c1-7-4-5-12-10-6-8(11)2-3-9(7)10/h2-3,6-7,12H,4-5H2,1H3. The highest BCUT2D eigenvalue weighted by atomic mass is 35.5. The molecule has 0 fully saturated rings. The van der Waals surface area contributed by atoms with Crippen LogP contribution in [0.25, 0.3) is 0 Å². The lowest BCUT2D eigenvalue weighted by Crippen LogP contribution is -2.14. The summed E-state index contributed by atoms with van der Waals surface area (Å²) in [6.07, 6.45) is 1.22. The van der Waals surface area contributed by atoms with Gasteiger partial charge in [-0.3, -0.25) is 0 Å². The van der Waals surface area contributed by atoms with Gasteiger partial charge in [0, 0.05) is 17.3 Å². The Morgan fingerprint density at radius 1 is 1.50 bits per heavy atom. The summed E-state index contributed by atoms with van der Waals surface area (Å²) in [5.74, 6) is 0.665. The largest absolute Gasteiger partial charge is 0.385 e. The van der Waals surface area contributed by atoms with E-state index in [9.17, 15) is 0 Å². The summed E-state index contributed by atoms with van der Waals surface area (Å²) in [6.45, 7) is 3.32. The molecule has 0 saturated heterocycles. The first-order chi connectivity index (χ1) is 5.77. The van der Waals surface area contributed by atoms with Crippen LogP contribution in [-0.2, 0) is 0 Å². The van der Waals surface area contributed by atoms with Gasteiger partial charge in [-0.1, -0.05) is 24.6 Å². The Balaban J connectivity index is 2.46. The van der Waals surface area contributed by atoms with E-state index in [2.05, 4.69) is 18.3 Å². The molecule has 12 heavy (non-hydrogen) atoms. The van der Waals surface area contributed by atoms with E-state index in [-0.39, 0.29) is 0 Å². The maximum absolute atomic E-state index is 5.88. The molecule has 0 aliphatic carbocycles. The summed E-state index contributed by atoms with van der Waals surface area (Å²) in [5, 5.41) is 4.16. The van der Waals surface area contributed by atoms with Crippen LogP contribution in [0.1, 0.15) is 24.8 Å². The molecule has 1 aromatic rings. The lowest BCUT2D eigenvalue weighted by Gasteiger charge is -2.23. The van der Waals surface area contributed by atoms with E-state index in [4.69, 9.17) is 11.6 Å². The minimum Gasteiger partial charge on any atom is -0.385 e. The molecule has 0 bridgehead atoms. The number of benzene rings is 1. The molecule has 0 aromatic heterocycles. The van der Waals surface area contributed by atoms with Crippen molar-refractivity contribution in [3.05, 3.63) is 28.8 Å². The number of nitrogens with one attached hydrogen (secondary N) is 1. The predicted molar refractivity (Wildman–Crippen MR) is 53.0 cm³/mol. The fourth-order valence-corrected chi connectivity index (χ4v) is 1.86. The average molecular weight is 182 g/mol. The maximum atomic E-state index is 5.88. The fraction of sp³-hybridized carbons (Fsp3) is 0.400. The van der Waals surface area contributed by atoms with Gasteiger partial charge in [-0.15, -0.1) is 0 Å². The van der Waals surface area contributed by atoms with E-state index in [0.29, 0.717) is 5.92 Å². The molecule has 0 saturated carbocycles. The van der Waals surface area contributed by atoms with Crippen LogP contribution in [0.5, 0.6) is 0 Å². The first-order valence-electron chi connectivity index (χ1n) is 4.30. The van der Waals surface area contributed by atoms with Gasteiger partial charge < -0.3 is 5.32 Å². The number of fused-ring (bicyclic) bond motifs is 1. The van der Waals surface area contributed by atoms with Crippen LogP contribution in [-0.4, -0.2) is 6.54 Å². The number of halogens is 1. The average Bonchev–Trinajstić information content (AvgIpc) is 2.04. The van der Waals surface area contributed by atoms with E-state index in [1.54, 1.807) is 0 Å². The zero-order chi connectivity index (χ0) is 8.55. The van der Waals surface area contributed by atoms with Crippen LogP contribution in [0.15, 0.2) is 18.2 Å². The molecule has 1 aliphatic heterocycles. The van der Waals surface area contributed by atoms with E-state index in [0.717, 1.165) is 11.6 Å². The second kappa shape index (κ2) is 2.98. The molecule has 1 atom stereocenters. The number of anilines is 1. The van der Waals surface area contributed by atoms with Crippen molar-refractivity contribution in [3.8, 4) is 0 Å². The van der Waals surface area contributed by atoms with Crippen LogP contribution in [0.2, 0.25) is 5.02 Å². The van der Waals surface area contributed by atoms with Crippen LogP contribution in [0.3, 0.4) is 0 Å². The van der Waals surface area contributed by atoms with Crippen LogP contribution in [0, 0.1) is 0 Å². The van der Waals surface area contributed by atoms with Crippen molar-refractivity contribution in [2.45, 2.75) is 19.3 Å². The van der Waals surface area contributed by atoms with Crippen LogP contribution < -0.4 is 5.32 Å². The highest BCUT2D eigenvalue weighted by Crippen LogP contribution is 2.32. The summed E-state index contributed by atoms with van der Waals surface area (Å²) >= 11 is 5.88. The molecule has 1 nitrogen and oxygen atoms in total. The maximum Gasteiger partial charge on any atom is 0.0426 e. The third-order valence-corrected chi connectivity index (χ3v) is 2.67. The molecule has 2 rings (SSSR count). The number of hydrogen-bond donors (Lipinski definition) is 1. The van der Waals surface area contributed by atoms with Crippen molar-refractivity contribution in [1.29, 1.82) is 0 Å². The van der Waals surface area contributed by atoms with Gasteiger partial charge in [0.1, 0.15) is 0 Å². The van der Waals surface area contributed by atoms with Crippen molar-refractivity contribution in [2.75, 3.05) is 11.9 Å². The summed E-state index contributed by atoms with van der Waals surface area (Å²) in [4.78, 5) is 0. The Morgan fingerprint density at radius 2 is 2.33 bits per heavy atom. The smallest absolute Gasteiger partial charge is 0.0426 e. The first kappa shape index (κ1) is 7.93. The highest BCUT2D eigenvalue weighted by Gasteiger charge is 2.15. The van der Waals surface area contributed by atoms with Crippen molar-refractivity contribution in [1.82, 2.24) is 0 Å². The molecule has 2 heteroatoms. The summed E-state index contributed by atoms with van der Waals surface area (Å²) < 4.78 is 0. The summed E-state index contributed by atoms with van der Waals surface area (Å²) in [5.41, 5.74) is 2.60. The zero-order valence-electron chi connectivity index (χ0n) is 7.10. The Bertz CT molecular complexity index is 296. The Morgan fingerprint density at radius 3 is 3.17 bits per heavy atom. The molecular formula is C10H12ClN. The van der Waals surface area contributed by atoms with Crippen molar-refractivity contribution in [2.24, 2.45) is 0 Å². The van der Waals surface area contributed by atoms with E-state index in [1.165, 1.54) is 17.7 Å². The molecule has 1 heterocycles. The minimum atomic E-state index is 0.665. The second-order valence-corrected chi connectivity index (χ2v) is 3.78. The zero-order valence-corrected chi connectivity index (χ0v) is 7.86. The van der Waals surface area contributed by atoms with Gasteiger partial charge in [-0.2, -0.15) is 0 Å². The molecular weight excluding hydrogens is 170 g/mol. The molecule has 64 valence electrons. The first-order valence-corrected chi connectivity index (χ1v) is 4.68. The Hall–Kier alpha value is -0.690. The molecule has 0 amide bonds. The lowest BCUT2D eigenvalue weighted by atomic mass is 9.93. The molecule has 1 unspecified atom stereocenters. The van der Waals surface area contributed by atoms with Gasteiger partial charge in [0.15, 0.2) is 0 Å². The quantitative estimate of drug-likeness (QED) is 0.648. The van der Waals surface area contributed by atoms with E-state index < -0.39 is 0 Å². The normalized spacial score (nSPS) is 21.3. The highest BCUT2D eigenvalue weighted by molar-refractivity contribution is 6.30. The monoisotopic (exact) mass is 181 g/mol. The summed E-state index contributed by atoms with van der Waals surface area (Å²) in [7, 11) is 0. The molecule has 0 spiro atoms. The van der Waals surface area contributed by atoms with E-state index in [1.807, 2.05) is 12.1 Å². The fourth-order valence-electron chi connectivity index (χ4n) is 1.69. The van der Waals surface area contributed by atoms with Crippen LogP contribution >= 0.6 is 11.6 Å². The molecule has 1 N–H and O–H groups in total. The number of rotatable bonds is 0. The minimum absolute atomic E-state index is 0.665. The van der Waals surface area contributed by atoms with Crippen LogP contribution in [0.4, 0.5) is 5.69 Å². The van der Waals surface area contributed by atoms with Gasteiger partial charge in [-0.05, 0) is 30.0 Å². The van der Waals surface area contributed by atoms with Gasteiger partial charge in [0.2, 0.25) is 0 Å². The van der Waals surface area contributed by atoms with Crippen molar-refractivity contribution >= 4 is 17.3 Å². The van der Waals surface area contributed by atoms with E-state index >= 15 is 0 Å². The number of hydrogen-bond acceptors (Lipinski definition) is 1. The lowest BCUT2D eigenvalue weighted by molar-refractivity contribution is 0.684. The van der Waals surface area contributed by atoms with Crippen molar-refractivity contribution < 1.29 is 0 Å². The Kier molecular flexibility index (Phi) is 1.97. The van der Waals surface area contributed by atoms with Gasteiger partial charge >= 0.3 is 0 Å². The van der Waals surface area contributed by atoms with Gasteiger partial charge in [0.05, 0.1) is 0 Å². The third-order valence-electron chi connectivity index (χ3n) is 2.44. The molecule has 1 aromatic carbocycles. The second-order valence-electron chi connectivity index (χ2n) is 3.35. The van der Waals surface area contributed by atoms with Crippen molar-refractivity contribution in [3.63, 3.8) is 0 Å². The topological polar surface area (TPSA) is 12.0 Å². The third kappa shape index (κ3) is 1.29. The molecule has 0 radical (unpaired) electrons.